The first-order valence-electron chi connectivity index (χ1n) is 3.86. The normalized spacial score (nSPS) is 10.6. The molecule has 0 atom stereocenters. The van der Waals surface area contributed by atoms with Crippen molar-refractivity contribution in [1.29, 1.82) is 0 Å². The lowest BCUT2D eigenvalue weighted by Crippen LogP contribution is -1.93. The molecule has 4 N–H and O–H groups in total. The molecule has 0 bridgehead atoms. The summed E-state index contributed by atoms with van der Waals surface area (Å²) < 4.78 is 0. The molecule has 0 fully saturated rings. The van der Waals surface area contributed by atoms with Gasteiger partial charge in [-0.1, -0.05) is 0 Å². The molecule has 5 nitrogen and oxygen atoms in total. The Kier molecular flexibility index (Phi) is 1.60. The van der Waals surface area contributed by atoms with Crippen LogP contribution in [0.3, 0.4) is 0 Å². The number of carboxylic acids is 1. The van der Waals surface area contributed by atoms with Gasteiger partial charge in [0.1, 0.15) is 11.5 Å². The first-order chi connectivity index (χ1) is 6.61. The quantitative estimate of drug-likeness (QED) is 0.513. The van der Waals surface area contributed by atoms with E-state index in [1.165, 1.54) is 18.3 Å². The lowest BCUT2D eigenvalue weighted by molar-refractivity contribution is 0.0699. The van der Waals surface area contributed by atoms with Crippen molar-refractivity contribution in [2.75, 3.05) is 0 Å². The summed E-state index contributed by atoms with van der Waals surface area (Å²) in [4.78, 5) is 13.3. The van der Waals surface area contributed by atoms with Gasteiger partial charge in [-0.15, -0.1) is 0 Å². The van der Waals surface area contributed by atoms with Crippen molar-refractivity contribution in [2.24, 2.45) is 0 Å². The SMILES string of the molecule is O=C(O)c1c[nH]c2c(O)ccc(O)c12. The summed E-state index contributed by atoms with van der Waals surface area (Å²) in [5.41, 5.74) is 0.163. The number of aromatic amines is 1. The highest BCUT2D eigenvalue weighted by Crippen LogP contribution is 2.33. The van der Waals surface area contributed by atoms with Crippen LogP contribution < -0.4 is 0 Å². The minimum atomic E-state index is -1.16. The van der Waals surface area contributed by atoms with Crippen LogP contribution in [-0.2, 0) is 0 Å². The fourth-order valence-corrected chi connectivity index (χ4v) is 1.38. The largest absolute Gasteiger partial charge is 0.507 e. The summed E-state index contributed by atoms with van der Waals surface area (Å²) in [5, 5.41) is 27.7. The Morgan fingerprint density at radius 3 is 2.50 bits per heavy atom. The van der Waals surface area contributed by atoms with Gasteiger partial charge in [-0.2, -0.15) is 0 Å². The van der Waals surface area contributed by atoms with Crippen LogP contribution in [0.4, 0.5) is 0 Å². The third-order valence-electron chi connectivity index (χ3n) is 2.02. The maximum Gasteiger partial charge on any atom is 0.338 e. The number of aromatic hydroxyl groups is 2. The first-order valence-corrected chi connectivity index (χ1v) is 3.86. The molecule has 0 radical (unpaired) electrons. The van der Waals surface area contributed by atoms with Crippen LogP contribution in [0.5, 0.6) is 11.5 Å². The fourth-order valence-electron chi connectivity index (χ4n) is 1.38. The Balaban J connectivity index is 2.90. The number of hydrogen-bond acceptors (Lipinski definition) is 3. The Morgan fingerprint density at radius 2 is 1.86 bits per heavy atom. The van der Waals surface area contributed by atoms with E-state index in [1.807, 2.05) is 0 Å². The van der Waals surface area contributed by atoms with Gasteiger partial charge >= 0.3 is 5.97 Å². The summed E-state index contributed by atoms with van der Waals surface area (Å²) in [6.45, 7) is 0. The maximum absolute atomic E-state index is 10.7. The van der Waals surface area contributed by atoms with Crippen LogP contribution in [0.25, 0.3) is 10.9 Å². The van der Waals surface area contributed by atoms with Crippen molar-refractivity contribution in [3.63, 3.8) is 0 Å². The molecule has 72 valence electrons. The molecule has 2 rings (SSSR count). The fraction of sp³-hybridized carbons (Fsp3) is 0. The number of aromatic nitrogens is 1. The second-order valence-electron chi connectivity index (χ2n) is 2.86. The summed E-state index contributed by atoms with van der Waals surface area (Å²) in [7, 11) is 0. The number of carboxylic acid groups (broad SMARTS) is 1. The molecular weight excluding hydrogens is 186 g/mol. The van der Waals surface area contributed by atoms with Crippen molar-refractivity contribution < 1.29 is 20.1 Å². The average Bonchev–Trinajstić information content (AvgIpc) is 2.56. The van der Waals surface area contributed by atoms with E-state index in [2.05, 4.69) is 4.98 Å². The van der Waals surface area contributed by atoms with Crippen molar-refractivity contribution in [3.05, 3.63) is 23.9 Å². The van der Waals surface area contributed by atoms with Gasteiger partial charge in [0.2, 0.25) is 0 Å². The molecular formula is C9H7NO4. The Morgan fingerprint density at radius 1 is 1.21 bits per heavy atom. The van der Waals surface area contributed by atoms with Gasteiger partial charge in [0.05, 0.1) is 16.5 Å². The van der Waals surface area contributed by atoms with E-state index < -0.39 is 5.97 Å². The molecule has 2 aromatic rings. The van der Waals surface area contributed by atoms with Gasteiger partial charge in [-0.3, -0.25) is 0 Å². The predicted octanol–water partition coefficient (Wildman–Crippen LogP) is 1.28. The zero-order valence-corrected chi connectivity index (χ0v) is 6.98. The third-order valence-corrected chi connectivity index (χ3v) is 2.02. The molecule has 14 heavy (non-hydrogen) atoms. The number of H-pyrrole nitrogens is 1. The maximum atomic E-state index is 10.7. The highest BCUT2D eigenvalue weighted by atomic mass is 16.4. The van der Waals surface area contributed by atoms with E-state index in [0.29, 0.717) is 0 Å². The number of phenols is 2. The van der Waals surface area contributed by atoms with Crippen molar-refractivity contribution in [1.82, 2.24) is 4.98 Å². The number of hydrogen-bond donors (Lipinski definition) is 4. The molecule has 5 heteroatoms. The number of aromatic carboxylic acids is 1. The number of phenolic OH excluding ortho intramolecular Hbond substituents is 2. The van der Waals surface area contributed by atoms with Gasteiger partial charge < -0.3 is 20.3 Å². The minimum Gasteiger partial charge on any atom is -0.507 e. The lowest BCUT2D eigenvalue weighted by Gasteiger charge is -1.98. The van der Waals surface area contributed by atoms with Crippen molar-refractivity contribution >= 4 is 16.9 Å². The van der Waals surface area contributed by atoms with Crippen LogP contribution in [0.15, 0.2) is 18.3 Å². The van der Waals surface area contributed by atoms with E-state index >= 15 is 0 Å². The van der Waals surface area contributed by atoms with E-state index in [9.17, 15) is 15.0 Å². The second kappa shape index (κ2) is 2.66. The standard InChI is InChI=1S/C9H7NO4/c11-5-1-2-6(12)8-7(5)4(3-10-8)9(13)14/h1-3,10-12H,(H,13,14). The number of fused-ring (bicyclic) bond motifs is 1. The molecule has 1 heterocycles. The van der Waals surface area contributed by atoms with Gasteiger partial charge in [-0.25, -0.2) is 4.79 Å². The number of benzene rings is 1. The Hall–Kier alpha value is -2.17. The second-order valence-corrected chi connectivity index (χ2v) is 2.86. The zero-order chi connectivity index (χ0) is 10.3. The summed E-state index contributed by atoms with van der Waals surface area (Å²) in [6.07, 6.45) is 1.23. The Bertz CT molecular complexity index is 515. The van der Waals surface area contributed by atoms with Gasteiger partial charge in [0, 0.05) is 6.20 Å². The monoisotopic (exact) mass is 193 g/mol. The summed E-state index contributed by atoms with van der Waals surface area (Å²) in [5.74, 6) is -1.42. The lowest BCUT2D eigenvalue weighted by atomic mass is 10.1. The molecule has 0 aliphatic carbocycles. The molecule has 0 saturated carbocycles. The third kappa shape index (κ3) is 0.990. The van der Waals surface area contributed by atoms with Gasteiger partial charge in [0.15, 0.2) is 0 Å². The predicted molar refractivity (Wildman–Crippen MR) is 48.6 cm³/mol. The van der Waals surface area contributed by atoms with Crippen molar-refractivity contribution in [2.45, 2.75) is 0 Å². The molecule has 0 saturated heterocycles. The van der Waals surface area contributed by atoms with E-state index in [-0.39, 0.29) is 28.0 Å². The van der Waals surface area contributed by atoms with Crippen LogP contribution in [0.1, 0.15) is 10.4 Å². The average molecular weight is 193 g/mol. The highest BCUT2D eigenvalue weighted by molar-refractivity contribution is 6.07. The Labute approximate surface area is 78.2 Å². The molecule has 0 spiro atoms. The molecule has 1 aromatic carbocycles. The van der Waals surface area contributed by atoms with Gasteiger partial charge in [-0.05, 0) is 12.1 Å². The molecule has 1 aromatic heterocycles. The molecule has 0 amide bonds. The zero-order valence-electron chi connectivity index (χ0n) is 6.98. The smallest absolute Gasteiger partial charge is 0.338 e. The van der Waals surface area contributed by atoms with Gasteiger partial charge in [0.25, 0.3) is 0 Å². The highest BCUT2D eigenvalue weighted by Gasteiger charge is 2.15. The first kappa shape index (κ1) is 8.43. The van der Waals surface area contributed by atoms with E-state index in [0.717, 1.165) is 0 Å². The topological polar surface area (TPSA) is 93.5 Å². The molecule has 0 aliphatic rings. The van der Waals surface area contributed by atoms with Crippen LogP contribution in [0, 0.1) is 0 Å². The minimum absolute atomic E-state index is 0.0617. The summed E-state index contributed by atoms with van der Waals surface area (Å²) in [6, 6.07) is 2.54. The number of rotatable bonds is 1. The van der Waals surface area contributed by atoms with E-state index in [4.69, 9.17) is 5.11 Å². The molecule has 0 aliphatic heterocycles. The number of carbonyl (C=O) groups is 1. The molecule has 0 unspecified atom stereocenters. The summed E-state index contributed by atoms with van der Waals surface area (Å²) >= 11 is 0. The number of nitrogens with one attached hydrogen (secondary N) is 1. The van der Waals surface area contributed by atoms with Crippen LogP contribution in [0.2, 0.25) is 0 Å². The van der Waals surface area contributed by atoms with E-state index in [1.54, 1.807) is 0 Å². The van der Waals surface area contributed by atoms with Crippen LogP contribution in [-0.4, -0.2) is 26.3 Å². The van der Waals surface area contributed by atoms with Crippen molar-refractivity contribution in [3.8, 4) is 11.5 Å². The van der Waals surface area contributed by atoms with Crippen LogP contribution >= 0.6 is 0 Å².